The van der Waals surface area contributed by atoms with E-state index in [0.29, 0.717) is 36.9 Å². The van der Waals surface area contributed by atoms with Gasteiger partial charge in [0, 0.05) is 12.1 Å². The van der Waals surface area contributed by atoms with Gasteiger partial charge in [0.25, 0.3) is 17.7 Å². The van der Waals surface area contributed by atoms with Crippen LogP contribution in [-0.4, -0.2) is 19.0 Å². The highest BCUT2D eigenvalue weighted by atomic mass is 16.6. The van der Waals surface area contributed by atoms with E-state index in [0.717, 1.165) is 36.5 Å². The van der Waals surface area contributed by atoms with Gasteiger partial charge in [0.15, 0.2) is 11.5 Å². The quantitative estimate of drug-likeness (QED) is 0.0986. The lowest BCUT2D eigenvalue weighted by atomic mass is 9.93. The molecule has 4 atom stereocenters. The van der Waals surface area contributed by atoms with Crippen LogP contribution in [0.5, 0.6) is 11.9 Å². The van der Waals surface area contributed by atoms with Crippen molar-refractivity contribution in [3.8, 4) is 11.9 Å². The number of carbonyl (C=O) groups is 1. The van der Waals surface area contributed by atoms with E-state index in [9.17, 15) is 4.79 Å². The van der Waals surface area contributed by atoms with Crippen LogP contribution in [0.1, 0.15) is 162 Å². The maximum Gasteiger partial charge on any atom is 0.284 e. The van der Waals surface area contributed by atoms with E-state index in [1.54, 1.807) is 24.3 Å². The molecular weight excluding hydrogens is 548 g/mol. The Morgan fingerprint density at radius 1 is 0.500 bits per heavy atom. The average Bonchev–Trinajstić information content (AvgIpc) is 3.62. The molecule has 0 bridgehead atoms. The minimum Gasteiger partial charge on any atom is -0.465 e. The highest BCUT2D eigenvalue weighted by Crippen LogP contribution is 2.25. The lowest BCUT2D eigenvalue weighted by Gasteiger charge is -2.15. The first-order chi connectivity index (χ1) is 21.0. The second-order valence-electron chi connectivity index (χ2n) is 14.8. The zero-order valence-corrected chi connectivity index (χ0v) is 29.6. The largest absolute Gasteiger partial charge is 0.465 e. The number of hydrogen-bond donors (Lipinski definition) is 0. The van der Waals surface area contributed by atoms with E-state index < -0.39 is 0 Å². The van der Waals surface area contributed by atoms with Crippen molar-refractivity contribution >= 4 is 5.78 Å². The smallest absolute Gasteiger partial charge is 0.284 e. The number of rotatable bonds is 26. The fourth-order valence-electron chi connectivity index (χ4n) is 5.84. The molecule has 5 nitrogen and oxygen atoms in total. The molecule has 0 saturated carbocycles. The first-order valence-corrected chi connectivity index (χ1v) is 18.0. The SMILES string of the molecule is CC(C)CCCC(C)CCCC(C)CCOc1ccc(C(=O)c2ccc(OCCC(C)CCCC(C)CCCC(C)C)o2)o1. The van der Waals surface area contributed by atoms with Gasteiger partial charge in [-0.15, -0.1) is 0 Å². The molecule has 4 unspecified atom stereocenters. The van der Waals surface area contributed by atoms with Crippen LogP contribution in [0.15, 0.2) is 33.1 Å². The molecule has 252 valence electrons. The maximum absolute atomic E-state index is 12.9. The summed E-state index contributed by atoms with van der Waals surface area (Å²) in [7, 11) is 0. The molecule has 0 radical (unpaired) electrons. The summed E-state index contributed by atoms with van der Waals surface area (Å²) >= 11 is 0. The van der Waals surface area contributed by atoms with Gasteiger partial charge in [0.1, 0.15) is 0 Å². The van der Waals surface area contributed by atoms with Crippen LogP contribution in [0.3, 0.4) is 0 Å². The second kappa shape index (κ2) is 21.5. The third-order valence-electron chi connectivity index (χ3n) is 9.06. The number of furan rings is 2. The van der Waals surface area contributed by atoms with E-state index in [-0.39, 0.29) is 17.3 Å². The van der Waals surface area contributed by atoms with E-state index in [1.165, 1.54) is 77.0 Å². The maximum atomic E-state index is 12.9. The van der Waals surface area contributed by atoms with Gasteiger partial charge in [-0.05, 0) is 60.5 Å². The molecule has 2 aromatic heterocycles. The Kier molecular flexibility index (Phi) is 18.6. The van der Waals surface area contributed by atoms with Gasteiger partial charge in [-0.25, -0.2) is 0 Å². The Bertz CT molecular complexity index is 924. The molecule has 0 aliphatic rings. The van der Waals surface area contributed by atoms with E-state index in [2.05, 4.69) is 55.4 Å². The zero-order chi connectivity index (χ0) is 32.3. The Balaban J connectivity index is 1.60. The molecule has 44 heavy (non-hydrogen) atoms. The molecule has 0 N–H and O–H groups in total. The molecule has 0 saturated heterocycles. The second-order valence-corrected chi connectivity index (χ2v) is 14.8. The monoisotopic (exact) mass is 614 g/mol. The summed E-state index contributed by atoms with van der Waals surface area (Å²) in [6, 6.07) is 6.73. The van der Waals surface area contributed by atoms with Gasteiger partial charge in [-0.3, -0.25) is 4.79 Å². The summed E-state index contributed by atoms with van der Waals surface area (Å²) in [4.78, 5) is 12.9. The molecule has 0 amide bonds. The van der Waals surface area contributed by atoms with Gasteiger partial charge in [0.05, 0.1) is 13.2 Å². The normalized spacial score (nSPS) is 14.6. The predicted molar refractivity (Wildman–Crippen MR) is 183 cm³/mol. The topological polar surface area (TPSA) is 61.8 Å². The van der Waals surface area contributed by atoms with Gasteiger partial charge in [-0.2, -0.15) is 0 Å². The Labute approximate surface area is 270 Å². The van der Waals surface area contributed by atoms with Crippen molar-refractivity contribution in [1.29, 1.82) is 0 Å². The van der Waals surface area contributed by atoms with Gasteiger partial charge >= 0.3 is 0 Å². The summed E-state index contributed by atoms with van der Waals surface area (Å²) in [5, 5.41) is 0. The molecule has 0 aliphatic carbocycles. The Morgan fingerprint density at radius 3 is 1.16 bits per heavy atom. The third-order valence-corrected chi connectivity index (χ3v) is 9.06. The van der Waals surface area contributed by atoms with Crippen molar-refractivity contribution in [2.75, 3.05) is 13.2 Å². The molecule has 0 fully saturated rings. The molecule has 2 rings (SSSR count). The molecular formula is C39H66O5. The first kappa shape index (κ1) is 38.0. The molecule has 0 aliphatic heterocycles. The van der Waals surface area contributed by atoms with Crippen molar-refractivity contribution in [1.82, 2.24) is 0 Å². The van der Waals surface area contributed by atoms with Crippen LogP contribution in [-0.2, 0) is 0 Å². The van der Waals surface area contributed by atoms with E-state index in [1.807, 2.05) is 0 Å². The summed E-state index contributed by atoms with van der Waals surface area (Å²) in [6.07, 6.45) is 17.6. The summed E-state index contributed by atoms with van der Waals surface area (Å²) in [5.74, 6) is 5.33. The molecule has 0 aromatic carbocycles. The molecule has 0 spiro atoms. The van der Waals surface area contributed by atoms with Gasteiger partial charge in [-0.1, -0.05) is 132 Å². The Hall–Kier alpha value is -2.17. The van der Waals surface area contributed by atoms with Crippen LogP contribution in [0.4, 0.5) is 0 Å². The number of ketones is 1. The van der Waals surface area contributed by atoms with Crippen molar-refractivity contribution in [3.05, 3.63) is 35.8 Å². The molecule has 2 heterocycles. The van der Waals surface area contributed by atoms with Crippen LogP contribution in [0, 0.1) is 35.5 Å². The van der Waals surface area contributed by atoms with Crippen LogP contribution in [0.2, 0.25) is 0 Å². The lowest BCUT2D eigenvalue weighted by molar-refractivity contribution is 0.0963. The lowest BCUT2D eigenvalue weighted by Crippen LogP contribution is -2.05. The summed E-state index contributed by atoms with van der Waals surface area (Å²) < 4.78 is 23.0. The zero-order valence-electron chi connectivity index (χ0n) is 29.6. The minimum atomic E-state index is -0.304. The van der Waals surface area contributed by atoms with Crippen LogP contribution < -0.4 is 9.47 Å². The Morgan fingerprint density at radius 2 is 0.818 bits per heavy atom. The van der Waals surface area contributed by atoms with Crippen molar-refractivity contribution in [3.63, 3.8) is 0 Å². The fourth-order valence-corrected chi connectivity index (χ4v) is 5.84. The number of carbonyl (C=O) groups excluding carboxylic acids is 1. The number of ether oxygens (including phenoxy) is 2. The van der Waals surface area contributed by atoms with Crippen molar-refractivity contribution in [2.45, 2.75) is 145 Å². The first-order valence-electron chi connectivity index (χ1n) is 18.0. The highest BCUT2D eigenvalue weighted by molar-refractivity contribution is 6.05. The van der Waals surface area contributed by atoms with Gasteiger partial charge in [0.2, 0.25) is 0 Å². The van der Waals surface area contributed by atoms with Crippen LogP contribution in [0.25, 0.3) is 0 Å². The third kappa shape index (κ3) is 16.8. The molecule has 5 heteroatoms. The van der Waals surface area contributed by atoms with Crippen molar-refractivity contribution < 1.29 is 23.1 Å². The minimum absolute atomic E-state index is 0.215. The fraction of sp³-hybridized carbons (Fsp3) is 0.769. The molecule has 2 aromatic rings. The standard InChI is InChI=1S/C39H66O5/c1-29(2)13-9-15-31(5)17-11-19-33(7)25-27-41-37-23-21-35(43-37)39(40)36-22-24-38(44-36)42-28-26-34(8)20-12-18-32(6)16-10-14-30(3)4/h21-24,29-34H,9-20,25-28H2,1-8H3. The predicted octanol–water partition coefficient (Wildman–Crippen LogP) is 12.2. The van der Waals surface area contributed by atoms with E-state index >= 15 is 0 Å². The highest BCUT2D eigenvalue weighted by Gasteiger charge is 2.19. The van der Waals surface area contributed by atoms with Crippen LogP contribution >= 0.6 is 0 Å². The average molecular weight is 615 g/mol. The summed E-state index contributed by atoms with van der Waals surface area (Å²) in [5.41, 5.74) is 0. The summed E-state index contributed by atoms with van der Waals surface area (Å²) in [6.45, 7) is 19.8. The van der Waals surface area contributed by atoms with Gasteiger partial charge < -0.3 is 18.3 Å². The van der Waals surface area contributed by atoms with E-state index in [4.69, 9.17) is 18.3 Å². The van der Waals surface area contributed by atoms with Crippen molar-refractivity contribution in [2.24, 2.45) is 35.5 Å². The number of hydrogen-bond acceptors (Lipinski definition) is 5.